The third-order valence-corrected chi connectivity index (χ3v) is 7.09. The number of fused-ring (bicyclic) bond motifs is 1. The molecule has 0 spiro atoms. The van der Waals surface area contributed by atoms with Crippen molar-refractivity contribution in [2.24, 2.45) is 0 Å². The number of ether oxygens (including phenoxy) is 1. The molecule has 1 amide bonds. The molecule has 3 aromatic rings. The van der Waals surface area contributed by atoms with Crippen molar-refractivity contribution in [2.45, 2.75) is 51.6 Å². The van der Waals surface area contributed by atoms with Gasteiger partial charge in [0.05, 0.1) is 5.69 Å². The van der Waals surface area contributed by atoms with Crippen LogP contribution >= 0.6 is 0 Å². The van der Waals surface area contributed by atoms with Gasteiger partial charge in [0.25, 0.3) is 0 Å². The van der Waals surface area contributed by atoms with Crippen molar-refractivity contribution in [3.8, 4) is 0 Å². The molecule has 2 N–H and O–H groups in total. The van der Waals surface area contributed by atoms with Gasteiger partial charge in [0.1, 0.15) is 11.2 Å². The molecule has 0 radical (unpaired) electrons. The smallest absolute Gasteiger partial charge is 0.410 e. The number of piperidine rings is 1. The highest BCUT2D eigenvalue weighted by Crippen LogP contribution is 2.33. The molecule has 2 aromatic heterocycles. The fourth-order valence-corrected chi connectivity index (χ4v) is 5.08. The van der Waals surface area contributed by atoms with E-state index in [1.54, 1.807) is 4.90 Å². The van der Waals surface area contributed by atoms with E-state index < -0.39 is 5.60 Å². The standard InChI is InChI=1S/C29H37N5O2/c1-29(2,3)36-28(35)34-16-11-21(12-17-34)26-19-24-25(8-13-30-27(24)32-26)31-23-7-5-6-22(18-23)20-9-14-33(4)15-10-20/h5-8,11,13,18-20H,9-10,12,14-17H2,1-4H3,(H2,30,31,32). The molecule has 2 aliphatic heterocycles. The van der Waals surface area contributed by atoms with Gasteiger partial charge in [-0.2, -0.15) is 0 Å². The van der Waals surface area contributed by atoms with Gasteiger partial charge in [-0.3, -0.25) is 0 Å². The normalized spacial score (nSPS) is 17.8. The Bertz CT molecular complexity index is 1260. The van der Waals surface area contributed by atoms with Crippen molar-refractivity contribution < 1.29 is 9.53 Å². The van der Waals surface area contributed by atoms with Crippen LogP contribution < -0.4 is 5.32 Å². The van der Waals surface area contributed by atoms with Gasteiger partial charge < -0.3 is 24.8 Å². The molecule has 1 aromatic carbocycles. The molecule has 0 saturated carbocycles. The number of rotatable bonds is 4. The van der Waals surface area contributed by atoms with Gasteiger partial charge >= 0.3 is 6.09 Å². The predicted molar refractivity (Wildman–Crippen MR) is 146 cm³/mol. The van der Waals surface area contributed by atoms with Gasteiger partial charge in [-0.25, -0.2) is 9.78 Å². The number of carbonyl (C=O) groups excluding carboxylic acids is 1. The molecule has 5 rings (SSSR count). The monoisotopic (exact) mass is 487 g/mol. The van der Waals surface area contributed by atoms with Crippen LogP contribution in [-0.4, -0.2) is 64.7 Å². The van der Waals surface area contributed by atoms with E-state index in [-0.39, 0.29) is 6.09 Å². The van der Waals surface area contributed by atoms with Crippen LogP contribution in [0.3, 0.4) is 0 Å². The highest BCUT2D eigenvalue weighted by molar-refractivity contribution is 5.94. The second-order valence-corrected chi connectivity index (χ2v) is 11.0. The highest BCUT2D eigenvalue weighted by atomic mass is 16.6. The van der Waals surface area contributed by atoms with E-state index in [9.17, 15) is 4.79 Å². The Balaban J connectivity index is 1.32. The Morgan fingerprint density at radius 2 is 1.94 bits per heavy atom. The van der Waals surface area contributed by atoms with Crippen molar-refractivity contribution in [2.75, 3.05) is 38.5 Å². The first kappa shape index (κ1) is 24.4. The average molecular weight is 488 g/mol. The van der Waals surface area contributed by atoms with Crippen LogP contribution in [0, 0.1) is 0 Å². The molecule has 4 heterocycles. The van der Waals surface area contributed by atoms with Crippen LogP contribution in [0.4, 0.5) is 16.2 Å². The van der Waals surface area contributed by atoms with Gasteiger partial charge in [-0.15, -0.1) is 0 Å². The Kier molecular flexibility index (Phi) is 6.75. The molecule has 0 unspecified atom stereocenters. The van der Waals surface area contributed by atoms with E-state index in [4.69, 9.17) is 4.74 Å². The molecule has 7 nitrogen and oxygen atoms in total. The summed E-state index contributed by atoms with van der Waals surface area (Å²) in [5, 5.41) is 4.70. The maximum absolute atomic E-state index is 12.4. The third kappa shape index (κ3) is 5.57. The molecule has 36 heavy (non-hydrogen) atoms. The summed E-state index contributed by atoms with van der Waals surface area (Å²) >= 11 is 0. The molecule has 7 heteroatoms. The minimum Gasteiger partial charge on any atom is -0.444 e. The molecule has 190 valence electrons. The molecule has 2 aliphatic rings. The van der Waals surface area contributed by atoms with Crippen LogP contribution in [0.25, 0.3) is 16.6 Å². The number of pyridine rings is 1. The van der Waals surface area contributed by atoms with Crippen molar-refractivity contribution in [3.05, 3.63) is 59.9 Å². The lowest BCUT2D eigenvalue weighted by molar-refractivity contribution is 0.0270. The Morgan fingerprint density at radius 3 is 2.67 bits per heavy atom. The Morgan fingerprint density at radius 1 is 1.14 bits per heavy atom. The molecule has 0 bridgehead atoms. The molecule has 0 aliphatic carbocycles. The van der Waals surface area contributed by atoms with Crippen LogP contribution in [0.1, 0.15) is 57.2 Å². The zero-order chi connectivity index (χ0) is 25.3. The van der Waals surface area contributed by atoms with E-state index >= 15 is 0 Å². The second kappa shape index (κ2) is 9.97. The summed E-state index contributed by atoms with van der Waals surface area (Å²) in [6.07, 6.45) is 6.88. The number of likely N-dealkylation sites (tertiary alicyclic amines) is 1. The van der Waals surface area contributed by atoms with Gasteiger partial charge in [0.15, 0.2) is 0 Å². The molecule has 1 fully saturated rings. The average Bonchev–Trinajstić information content (AvgIpc) is 3.29. The number of anilines is 2. The number of aromatic amines is 1. The first-order valence-electron chi connectivity index (χ1n) is 13.0. The molecule has 0 atom stereocenters. The molecule has 1 saturated heterocycles. The van der Waals surface area contributed by atoms with E-state index in [2.05, 4.69) is 63.6 Å². The lowest BCUT2D eigenvalue weighted by Crippen LogP contribution is -2.39. The first-order valence-corrected chi connectivity index (χ1v) is 13.0. The van der Waals surface area contributed by atoms with E-state index in [1.807, 2.05) is 33.0 Å². The quantitative estimate of drug-likeness (QED) is 0.462. The largest absolute Gasteiger partial charge is 0.444 e. The van der Waals surface area contributed by atoms with Crippen LogP contribution in [-0.2, 0) is 4.74 Å². The zero-order valence-electron chi connectivity index (χ0n) is 21.8. The maximum atomic E-state index is 12.4. The summed E-state index contributed by atoms with van der Waals surface area (Å²) in [5.74, 6) is 0.623. The van der Waals surface area contributed by atoms with Crippen LogP contribution in [0.5, 0.6) is 0 Å². The van der Waals surface area contributed by atoms with Gasteiger partial charge in [0, 0.05) is 36.1 Å². The van der Waals surface area contributed by atoms with Crippen LogP contribution in [0.2, 0.25) is 0 Å². The molecular formula is C29H37N5O2. The number of nitrogens with zero attached hydrogens (tertiary/aromatic N) is 3. The SMILES string of the molecule is CN1CCC(c2cccc(Nc3ccnc4[nH]c(C5=CCN(C(=O)OC(C)(C)C)CC5)cc34)c2)CC1. The lowest BCUT2D eigenvalue weighted by atomic mass is 9.89. The number of benzene rings is 1. The predicted octanol–water partition coefficient (Wildman–Crippen LogP) is 6.14. The van der Waals surface area contributed by atoms with Crippen molar-refractivity contribution >= 4 is 34.1 Å². The van der Waals surface area contributed by atoms with Crippen molar-refractivity contribution in [1.29, 1.82) is 0 Å². The second-order valence-electron chi connectivity index (χ2n) is 11.0. The van der Waals surface area contributed by atoms with Gasteiger partial charge in [-0.1, -0.05) is 18.2 Å². The number of hydrogen-bond acceptors (Lipinski definition) is 5. The maximum Gasteiger partial charge on any atom is 0.410 e. The number of amides is 1. The fraction of sp³-hybridized carbons (Fsp3) is 0.448. The van der Waals surface area contributed by atoms with Crippen molar-refractivity contribution in [1.82, 2.24) is 19.8 Å². The summed E-state index contributed by atoms with van der Waals surface area (Å²) in [7, 11) is 2.20. The number of hydrogen-bond donors (Lipinski definition) is 2. The van der Waals surface area contributed by atoms with Gasteiger partial charge in [-0.05, 0) is 101 Å². The van der Waals surface area contributed by atoms with Gasteiger partial charge in [0.2, 0.25) is 0 Å². The summed E-state index contributed by atoms with van der Waals surface area (Å²) in [4.78, 5) is 24.6. The Hall–Kier alpha value is -3.32. The number of H-pyrrole nitrogens is 1. The fourth-order valence-electron chi connectivity index (χ4n) is 5.08. The third-order valence-electron chi connectivity index (χ3n) is 7.09. The summed E-state index contributed by atoms with van der Waals surface area (Å²) in [6, 6.07) is 13.0. The lowest BCUT2D eigenvalue weighted by Gasteiger charge is -2.29. The Labute approximate surface area is 213 Å². The highest BCUT2D eigenvalue weighted by Gasteiger charge is 2.24. The zero-order valence-corrected chi connectivity index (χ0v) is 21.8. The minimum atomic E-state index is -0.486. The van der Waals surface area contributed by atoms with E-state index in [1.165, 1.54) is 24.0 Å². The first-order chi connectivity index (χ1) is 17.2. The minimum absolute atomic E-state index is 0.259. The van der Waals surface area contributed by atoms with Crippen LogP contribution in [0.15, 0.2) is 48.7 Å². The number of carbonyl (C=O) groups is 1. The summed E-state index contributed by atoms with van der Waals surface area (Å²) < 4.78 is 5.52. The number of nitrogens with one attached hydrogen (secondary N) is 2. The molecular weight excluding hydrogens is 450 g/mol. The topological polar surface area (TPSA) is 73.5 Å². The summed E-state index contributed by atoms with van der Waals surface area (Å²) in [5.41, 5.74) is 6.17. The van der Waals surface area contributed by atoms with E-state index in [0.717, 1.165) is 47.6 Å². The van der Waals surface area contributed by atoms with E-state index in [0.29, 0.717) is 19.0 Å². The summed E-state index contributed by atoms with van der Waals surface area (Å²) in [6.45, 7) is 9.18. The van der Waals surface area contributed by atoms with Crippen molar-refractivity contribution in [3.63, 3.8) is 0 Å². The number of aromatic nitrogens is 2.